The highest BCUT2D eigenvalue weighted by Gasteiger charge is 2.02. The molecule has 0 aliphatic rings. The van der Waals surface area contributed by atoms with E-state index in [0.717, 1.165) is 31.0 Å². The topological polar surface area (TPSA) is 46.2 Å². The van der Waals surface area contributed by atoms with Crippen LogP contribution in [0.15, 0.2) is 12.1 Å². The Morgan fingerprint density at radius 2 is 2.11 bits per heavy atom. The van der Waals surface area contributed by atoms with E-state index in [1.807, 2.05) is 0 Å². The van der Waals surface area contributed by atoms with Crippen molar-refractivity contribution in [1.29, 1.82) is 0 Å². The molecular weight excluding hydrogens is 226 g/mol. The van der Waals surface area contributed by atoms with Crippen LogP contribution in [0.1, 0.15) is 32.0 Å². The zero-order valence-electron chi connectivity index (χ0n) is 11.9. The summed E-state index contributed by atoms with van der Waals surface area (Å²) in [4.78, 5) is 4.56. The Balaban J connectivity index is 2.67. The molecule has 4 nitrogen and oxygen atoms in total. The maximum absolute atomic E-state index is 5.03. The fourth-order valence-electron chi connectivity index (χ4n) is 1.63. The van der Waals surface area contributed by atoms with E-state index < -0.39 is 0 Å². The number of ether oxygens (including phenoxy) is 1. The predicted molar refractivity (Wildman–Crippen MR) is 76.0 cm³/mol. The molecule has 0 bridgehead atoms. The molecule has 0 fully saturated rings. The third-order valence-electron chi connectivity index (χ3n) is 2.63. The Morgan fingerprint density at radius 3 is 2.72 bits per heavy atom. The number of anilines is 1. The highest BCUT2D eigenvalue weighted by molar-refractivity contribution is 5.39. The van der Waals surface area contributed by atoms with Crippen LogP contribution >= 0.6 is 0 Å². The molecule has 0 aliphatic heterocycles. The van der Waals surface area contributed by atoms with Crippen molar-refractivity contribution in [3.05, 3.63) is 23.4 Å². The minimum Gasteiger partial charge on any atom is -0.383 e. The zero-order valence-corrected chi connectivity index (χ0v) is 11.9. The van der Waals surface area contributed by atoms with E-state index in [-0.39, 0.29) is 0 Å². The molecule has 1 aromatic heterocycles. The quantitative estimate of drug-likeness (QED) is 0.695. The summed E-state index contributed by atoms with van der Waals surface area (Å²) >= 11 is 0. The average Bonchev–Trinajstić information content (AvgIpc) is 2.36. The SMILES string of the molecule is CCc1cc(CNC(C)C)cc(NCCOC)n1. The van der Waals surface area contributed by atoms with Gasteiger partial charge in [0.2, 0.25) is 0 Å². The molecule has 0 radical (unpaired) electrons. The second-order valence-corrected chi connectivity index (χ2v) is 4.66. The van der Waals surface area contributed by atoms with E-state index >= 15 is 0 Å². The first-order valence-electron chi connectivity index (χ1n) is 6.61. The summed E-state index contributed by atoms with van der Waals surface area (Å²) in [5, 5.41) is 6.71. The van der Waals surface area contributed by atoms with Crippen molar-refractivity contribution >= 4 is 5.82 Å². The first kappa shape index (κ1) is 14.9. The molecule has 0 saturated carbocycles. The Kier molecular flexibility index (Phi) is 6.68. The maximum Gasteiger partial charge on any atom is 0.126 e. The van der Waals surface area contributed by atoms with Gasteiger partial charge in [-0.05, 0) is 24.1 Å². The third-order valence-corrected chi connectivity index (χ3v) is 2.63. The Labute approximate surface area is 110 Å². The number of hydrogen-bond acceptors (Lipinski definition) is 4. The normalized spacial score (nSPS) is 10.9. The monoisotopic (exact) mass is 251 g/mol. The van der Waals surface area contributed by atoms with Crippen LogP contribution in [0.5, 0.6) is 0 Å². The summed E-state index contributed by atoms with van der Waals surface area (Å²) in [5.74, 6) is 0.937. The van der Waals surface area contributed by atoms with E-state index in [4.69, 9.17) is 4.74 Å². The van der Waals surface area contributed by atoms with Gasteiger partial charge in [0.1, 0.15) is 5.82 Å². The van der Waals surface area contributed by atoms with Crippen LogP contribution in [0.2, 0.25) is 0 Å². The first-order chi connectivity index (χ1) is 8.65. The van der Waals surface area contributed by atoms with Crippen LogP contribution in [-0.4, -0.2) is 31.3 Å². The Bertz CT molecular complexity index is 353. The number of aryl methyl sites for hydroxylation is 1. The fraction of sp³-hybridized carbons (Fsp3) is 0.643. The number of hydrogen-bond donors (Lipinski definition) is 2. The van der Waals surface area contributed by atoms with Crippen molar-refractivity contribution in [2.75, 3.05) is 25.6 Å². The predicted octanol–water partition coefficient (Wildman–Crippen LogP) is 2.20. The smallest absolute Gasteiger partial charge is 0.126 e. The molecule has 4 heteroatoms. The molecule has 102 valence electrons. The van der Waals surface area contributed by atoms with Gasteiger partial charge in [-0.3, -0.25) is 0 Å². The first-order valence-corrected chi connectivity index (χ1v) is 6.61. The molecule has 0 aliphatic carbocycles. The van der Waals surface area contributed by atoms with Crippen LogP contribution in [0.3, 0.4) is 0 Å². The van der Waals surface area contributed by atoms with Crippen molar-refractivity contribution in [1.82, 2.24) is 10.3 Å². The molecule has 0 spiro atoms. The van der Waals surface area contributed by atoms with E-state index in [1.54, 1.807) is 7.11 Å². The van der Waals surface area contributed by atoms with Crippen molar-refractivity contribution in [2.45, 2.75) is 39.8 Å². The molecule has 2 N–H and O–H groups in total. The number of methoxy groups -OCH3 is 1. The number of pyridine rings is 1. The number of rotatable bonds is 8. The molecule has 1 rings (SSSR count). The van der Waals surface area contributed by atoms with Gasteiger partial charge in [0.25, 0.3) is 0 Å². The fourth-order valence-corrected chi connectivity index (χ4v) is 1.63. The summed E-state index contributed by atoms with van der Waals surface area (Å²) in [7, 11) is 1.70. The van der Waals surface area contributed by atoms with Crippen LogP contribution < -0.4 is 10.6 Å². The van der Waals surface area contributed by atoms with E-state index in [2.05, 4.69) is 48.5 Å². The van der Waals surface area contributed by atoms with Gasteiger partial charge in [-0.1, -0.05) is 20.8 Å². The zero-order chi connectivity index (χ0) is 13.4. The summed E-state index contributed by atoms with van der Waals surface area (Å²) in [6.07, 6.45) is 0.953. The van der Waals surface area contributed by atoms with Gasteiger partial charge in [0.05, 0.1) is 6.61 Å². The van der Waals surface area contributed by atoms with Crippen LogP contribution in [-0.2, 0) is 17.7 Å². The van der Waals surface area contributed by atoms with Crippen molar-refractivity contribution < 1.29 is 4.74 Å². The third kappa shape index (κ3) is 5.47. The molecule has 1 heterocycles. The highest BCUT2D eigenvalue weighted by Crippen LogP contribution is 2.11. The van der Waals surface area contributed by atoms with Gasteiger partial charge in [-0.25, -0.2) is 4.98 Å². The standard InChI is InChI=1S/C14H25N3O/c1-5-13-8-12(10-16-11(2)3)9-14(17-13)15-6-7-18-4/h8-9,11,16H,5-7,10H2,1-4H3,(H,15,17). The second-order valence-electron chi connectivity index (χ2n) is 4.66. The van der Waals surface area contributed by atoms with Crippen molar-refractivity contribution in [3.63, 3.8) is 0 Å². The minimum absolute atomic E-state index is 0.494. The molecule has 0 amide bonds. The summed E-state index contributed by atoms with van der Waals surface area (Å²) in [6.45, 7) is 8.79. The lowest BCUT2D eigenvalue weighted by atomic mass is 10.2. The Hall–Kier alpha value is -1.13. The average molecular weight is 251 g/mol. The molecule has 0 aromatic carbocycles. The molecule has 18 heavy (non-hydrogen) atoms. The molecule has 0 unspecified atom stereocenters. The number of nitrogens with one attached hydrogen (secondary N) is 2. The largest absolute Gasteiger partial charge is 0.383 e. The van der Waals surface area contributed by atoms with Gasteiger partial charge in [0, 0.05) is 31.9 Å². The van der Waals surface area contributed by atoms with Crippen molar-refractivity contribution in [2.24, 2.45) is 0 Å². The van der Waals surface area contributed by atoms with Crippen LogP contribution in [0.25, 0.3) is 0 Å². The second kappa shape index (κ2) is 8.06. The van der Waals surface area contributed by atoms with E-state index in [1.165, 1.54) is 5.56 Å². The van der Waals surface area contributed by atoms with Crippen molar-refractivity contribution in [3.8, 4) is 0 Å². The van der Waals surface area contributed by atoms with Gasteiger partial charge >= 0.3 is 0 Å². The van der Waals surface area contributed by atoms with Gasteiger partial charge in [0.15, 0.2) is 0 Å². The maximum atomic E-state index is 5.03. The van der Waals surface area contributed by atoms with Gasteiger partial charge in [-0.15, -0.1) is 0 Å². The number of nitrogens with zero attached hydrogens (tertiary/aromatic N) is 1. The molecule has 1 aromatic rings. The lowest BCUT2D eigenvalue weighted by Crippen LogP contribution is -2.22. The summed E-state index contributed by atoms with van der Waals surface area (Å²) in [6, 6.07) is 4.76. The summed E-state index contributed by atoms with van der Waals surface area (Å²) < 4.78 is 5.03. The highest BCUT2D eigenvalue weighted by atomic mass is 16.5. The molecular formula is C14H25N3O. The molecule has 0 saturated heterocycles. The number of aromatic nitrogens is 1. The molecule has 0 atom stereocenters. The summed E-state index contributed by atoms with van der Waals surface area (Å²) in [5.41, 5.74) is 2.40. The van der Waals surface area contributed by atoms with Gasteiger partial charge < -0.3 is 15.4 Å². The Morgan fingerprint density at radius 1 is 1.33 bits per heavy atom. The van der Waals surface area contributed by atoms with Crippen LogP contribution in [0, 0.1) is 0 Å². The minimum atomic E-state index is 0.494. The van der Waals surface area contributed by atoms with E-state index in [9.17, 15) is 0 Å². The van der Waals surface area contributed by atoms with Gasteiger partial charge in [-0.2, -0.15) is 0 Å². The lowest BCUT2D eigenvalue weighted by molar-refractivity contribution is 0.210. The van der Waals surface area contributed by atoms with E-state index in [0.29, 0.717) is 12.6 Å². The van der Waals surface area contributed by atoms with Crippen LogP contribution in [0.4, 0.5) is 5.82 Å². The lowest BCUT2D eigenvalue weighted by Gasteiger charge is -2.12.